The van der Waals surface area contributed by atoms with E-state index in [9.17, 15) is 13.2 Å². The SMILES string of the molecule is CC1CC1CNc1cc(C(F)(F)F)cc(NN)n1. The molecule has 0 saturated heterocycles. The summed E-state index contributed by atoms with van der Waals surface area (Å²) >= 11 is 0. The summed E-state index contributed by atoms with van der Waals surface area (Å²) in [4.78, 5) is 3.94. The fourth-order valence-electron chi connectivity index (χ4n) is 1.78. The molecule has 1 aromatic heterocycles. The zero-order valence-electron chi connectivity index (χ0n) is 9.88. The summed E-state index contributed by atoms with van der Waals surface area (Å²) < 4.78 is 37.9. The van der Waals surface area contributed by atoms with Crippen LogP contribution in [0.25, 0.3) is 0 Å². The Bertz CT molecular complexity index is 433. The highest BCUT2D eigenvalue weighted by Gasteiger charge is 2.33. The van der Waals surface area contributed by atoms with Gasteiger partial charge in [0.05, 0.1) is 5.56 Å². The van der Waals surface area contributed by atoms with Crippen LogP contribution in [0, 0.1) is 11.8 Å². The molecule has 0 amide bonds. The van der Waals surface area contributed by atoms with Crippen molar-refractivity contribution in [2.24, 2.45) is 17.7 Å². The number of pyridine rings is 1. The molecule has 2 unspecified atom stereocenters. The topological polar surface area (TPSA) is 63.0 Å². The highest BCUT2D eigenvalue weighted by atomic mass is 19.4. The molecule has 7 heteroatoms. The molecule has 1 aromatic rings. The number of alkyl halides is 3. The third-order valence-corrected chi connectivity index (χ3v) is 3.12. The molecule has 1 aliphatic rings. The maximum absolute atomic E-state index is 12.6. The summed E-state index contributed by atoms with van der Waals surface area (Å²) in [6.45, 7) is 2.75. The molecule has 1 heterocycles. The van der Waals surface area contributed by atoms with Gasteiger partial charge < -0.3 is 10.7 Å². The van der Waals surface area contributed by atoms with Gasteiger partial charge in [0.25, 0.3) is 0 Å². The first-order chi connectivity index (χ1) is 8.40. The number of hydrogen-bond acceptors (Lipinski definition) is 4. The predicted molar refractivity (Wildman–Crippen MR) is 62.8 cm³/mol. The van der Waals surface area contributed by atoms with Crippen LogP contribution in [0.4, 0.5) is 24.8 Å². The van der Waals surface area contributed by atoms with Gasteiger partial charge in [-0.2, -0.15) is 13.2 Å². The van der Waals surface area contributed by atoms with Crippen LogP contribution in [-0.4, -0.2) is 11.5 Å². The summed E-state index contributed by atoms with van der Waals surface area (Å²) in [6.07, 6.45) is -3.30. The lowest BCUT2D eigenvalue weighted by molar-refractivity contribution is -0.137. The number of anilines is 2. The molecule has 1 saturated carbocycles. The van der Waals surface area contributed by atoms with E-state index in [1.165, 1.54) is 0 Å². The highest BCUT2D eigenvalue weighted by molar-refractivity contribution is 5.49. The first-order valence-corrected chi connectivity index (χ1v) is 5.70. The smallest absolute Gasteiger partial charge is 0.370 e. The van der Waals surface area contributed by atoms with Crippen LogP contribution in [0.3, 0.4) is 0 Å². The van der Waals surface area contributed by atoms with Crippen LogP contribution in [0.2, 0.25) is 0 Å². The highest BCUT2D eigenvalue weighted by Crippen LogP contribution is 2.38. The van der Waals surface area contributed by atoms with E-state index >= 15 is 0 Å². The second kappa shape index (κ2) is 4.64. The summed E-state index contributed by atoms with van der Waals surface area (Å²) in [5.74, 6) is 6.46. The minimum atomic E-state index is -4.40. The van der Waals surface area contributed by atoms with Gasteiger partial charge in [0.2, 0.25) is 0 Å². The molecule has 4 N–H and O–H groups in total. The number of nitrogens with zero attached hydrogens (tertiary/aromatic N) is 1. The van der Waals surface area contributed by atoms with Gasteiger partial charge in [-0.25, -0.2) is 10.8 Å². The number of nitrogen functional groups attached to an aromatic ring is 1. The van der Waals surface area contributed by atoms with Gasteiger partial charge in [0.1, 0.15) is 11.6 Å². The third kappa shape index (κ3) is 3.04. The zero-order valence-corrected chi connectivity index (χ0v) is 9.88. The van der Waals surface area contributed by atoms with Crippen molar-refractivity contribution < 1.29 is 13.2 Å². The van der Waals surface area contributed by atoms with Gasteiger partial charge in [0, 0.05) is 6.54 Å². The largest absolute Gasteiger partial charge is 0.416 e. The lowest BCUT2D eigenvalue weighted by Crippen LogP contribution is -2.14. The molecule has 0 aliphatic heterocycles. The maximum atomic E-state index is 12.6. The normalized spacial score (nSPS) is 22.7. The summed E-state index contributed by atoms with van der Waals surface area (Å²) in [5, 5.41) is 2.92. The predicted octanol–water partition coefficient (Wildman–Crippen LogP) is 2.45. The molecule has 2 rings (SSSR count). The lowest BCUT2D eigenvalue weighted by atomic mass is 10.2. The average Bonchev–Trinajstić information content (AvgIpc) is 3.01. The van der Waals surface area contributed by atoms with Gasteiger partial charge in [-0.15, -0.1) is 0 Å². The van der Waals surface area contributed by atoms with E-state index < -0.39 is 11.7 Å². The van der Waals surface area contributed by atoms with E-state index in [1.54, 1.807) is 0 Å². The van der Waals surface area contributed by atoms with Crippen molar-refractivity contribution in [3.05, 3.63) is 17.7 Å². The molecule has 1 fully saturated rings. The Balaban J connectivity index is 2.13. The molecule has 0 bridgehead atoms. The van der Waals surface area contributed by atoms with Crippen molar-refractivity contribution in [1.82, 2.24) is 4.98 Å². The molecule has 0 aromatic carbocycles. The van der Waals surface area contributed by atoms with Gasteiger partial charge >= 0.3 is 6.18 Å². The molecule has 0 spiro atoms. The molecule has 100 valence electrons. The van der Waals surface area contributed by atoms with E-state index in [2.05, 4.69) is 22.7 Å². The molecule has 4 nitrogen and oxygen atoms in total. The summed E-state index contributed by atoms with van der Waals surface area (Å²) in [6, 6.07) is 1.87. The quantitative estimate of drug-likeness (QED) is 0.575. The van der Waals surface area contributed by atoms with Gasteiger partial charge in [-0.1, -0.05) is 6.92 Å². The Hall–Kier alpha value is -1.50. The minimum Gasteiger partial charge on any atom is -0.370 e. The standard InChI is InChI=1S/C11H15F3N4/c1-6-2-7(6)5-16-9-3-8(11(12,13)14)4-10(17-9)18-15/h3-4,6-7H,2,5,15H2,1H3,(H2,16,17,18). The van der Waals surface area contributed by atoms with Crippen LogP contribution in [0.1, 0.15) is 18.9 Å². The Morgan fingerprint density at radius 2 is 2.00 bits per heavy atom. The summed E-state index contributed by atoms with van der Waals surface area (Å²) in [7, 11) is 0. The van der Waals surface area contributed by atoms with E-state index in [-0.39, 0.29) is 11.6 Å². The fraction of sp³-hybridized carbons (Fsp3) is 0.545. The molecule has 0 radical (unpaired) electrons. The van der Waals surface area contributed by atoms with Crippen molar-refractivity contribution in [1.29, 1.82) is 0 Å². The summed E-state index contributed by atoms with van der Waals surface area (Å²) in [5.41, 5.74) is 1.37. The van der Waals surface area contributed by atoms with Gasteiger partial charge in [-0.3, -0.25) is 0 Å². The van der Waals surface area contributed by atoms with Crippen LogP contribution in [0.5, 0.6) is 0 Å². The first-order valence-electron chi connectivity index (χ1n) is 5.70. The van der Waals surface area contributed by atoms with Crippen LogP contribution in [-0.2, 0) is 6.18 Å². The van der Waals surface area contributed by atoms with Crippen molar-refractivity contribution in [3.8, 4) is 0 Å². The van der Waals surface area contributed by atoms with E-state index in [0.29, 0.717) is 18.4 Å². The number of nitrogens with two attached hydrogens (primary N) is 1. The Morgan fingerprint density at radius 1 is 1.39 bits per heavy atom. The van der Waals surface area contributed by atoms with Crippen molar-refractivity contribution in [3.63, 3.8) is 0 Å². The number of hydrogen-bond donors (Lipinski definition) is 3. The second-order valence-corrected chi connectivity index (χ2v) is 4.62. The number of hydrazine groups is 1. The molecule has 18 heavy (non-hydrogen) atoms. The molecule has 2 atom stereocenters. The minimum absolute atomic E-state index is 0.00355. The van der Waals surface area contributed by atoms with E-state index in [4.69, 9.17) is 5.84 Å². The Morgan fingerprint density at radius 3 is 2.50 bits per heavy atom. The second-order valence-electron chi connectivity index (χ2n) is 4.62. The van der Waals surface area contributed by atoms with Crippen LogP contribution >= 0.6 is 0 Å². The Labute approximate surface area is 103 Å². The Kier molecular flexibility index (Phi) is 3.34. The van der Waals surface area contributed by atoms with E-state index in [1.807, 2.05) is 0 Å². The number of nitrogens with one attached hydrogen (secondary N) is 2. The van der Waals surface area contributed by atoms with Crippen molar-refractivity contribution >= 4 is 11.6 Å². The van der Waals surface area contributed by atoms with E-state index in [0.717, 1.165) is 18.6 Å². The molecular weight excluding hydrogens is 245 g/mol. The number of rotatable bonds is 4. The number of halogens is 3. The zero-order chi connectivity index (χ0) is 13.3. The van der Waals surface area contributed by atoms with Gasteiger partial charge in [0.15, 0.2) is 0 Å². The van der Waals surface area contributed by atoms with Crippen LogP contribution < -0.4 is 16.6 Å². The molecule has 1 aliphatic carbocycles. The average molecular weight is 260 g/mol. The lowest BCUT2D eigenvalue weighted by Gasteiger charge is -2.12. The number of aromatic nitrogens is 1. The van der Waals surface area contributed by atoms with Crippen molar-refractivity contribution in [2.45, 2.75) is 19.5 Å². The van der Waals surface area contributed by atoms with Crippen molar-refractivity contribution in [2.75, 3.05) is 17.3 Å². The molecular formula is C11H15F3N4. The maximum Gasteiger partial charge on any atom is 0.416 e. The fourth-order valence-corrected chi connectivity index (χ4v) is 1.78. The third-order valence-electron chi connectivity index (χ3n) is 3.12. The van der Waals surface area contributed by atoms with Gasteiger partial charge in [-0.05, 0) is 30.4 Å². The van der Waals surface area contributed by atoms with Crippen LogP contribution in [0.15, 0.2) is 12.1 Å². The first kappa shape index (κ1) is 12.9. The monoisotopic (exact) mass is 260 g/mol.